The maximum absolute atomic E-state index is 4.92. The van der Waals surface area contributed by atoms with Gasteiger partial charge in [-0.1, -0.05) is 13.0 Å². The van der Waals surface area contributed by atoms with Gasteiger partial charge in [-0.15, -0.1) is 11.3 Å². The molecular formula is C19H29N5S. The average Bonchev–Trinajstić information content (AvgIpc) is 3.33. The zero-order valence-electron chi connectivity index (χ0n) is 15.5. The molecule has 136 valence electrons. The topological polar surface area (TPSA) is 45.5 Å². The highest BCUT2D eigenvalue weighted by Gasteiger charge is 2.25. The molecule has 5 nitrogen and oxygen atoms in total. The van der Waals surface area contributed by atoms with Crippen LogP contribution < -0.4 is 5.32 Å². The molecule has 2 aromatic heterocycles. The van der Waals surface area contributed by atoms with Crippen molar-refractivity contribution < 1.29 is 0 Å². The van der Waals surface area contributed by atoms with Crippen molar-refractivity contribution in [3.05, 3.63) is 40.3 Å². The second-order valence-corrected chi connectivity index (χ2v) is 7.92. The molecule has 6 heteroatoms. The summed E-state index contributed by atoms with van der Waals surface area (Å²) in [5.74, 6) is 2.23. The quantitative estimate of drug-likeness (QED) is 0.637. The number of guanidine groups is 1. The lowest BCUT2D eigenvalue weighted by atomic mass is 10.0. The van der Waals surface area contributed by atoms with E-state index in [2.05, 4.69) is 52.9 Å². The molecule has 3 rings (SSSR count). The summed E-state index contributed by atoms with van der Waals surface area (Å²) in [6, 6.07) is 4.33. The number of nitrogens with one attached hydrogen (secondary N) is 1. The monoisotopic (exact) mass is 359 g/mol. The molecule has 0 aromatic carbocycles. The lowest BCUT2D eigenvalue weighted by Gasteiger charge is -2.22. The van der Waals surface area contributed by atoms with Gasteiger partial charge < -0.3 is 10.2 Å². The van der Waals surface area contributed by atoms with Gasteiger partial charge in [-0.05, 0) is 42.7 Å². The van der Waals surface area contributed by atoms with Gasteiger partial charge in [0.15, 0.2) is 5.96 Å². The summed E-state index contributed by atoms with van der Waals surface area (Å²) in [4.78, 5) is 8.75. The van der Waals surface area contributed by atoms with Crippen molar-refractivity contribution in [1.82, 2.24) is 20.0 Å². The molecule has 1 aliphatic rings. The Morgan fingerprint density at radius 1 is 1.52 bits per heavy atom. The van der Waals surface area contributed by atoms with Gasteiger partial charge in [-0.25, -0.2) is 0 Å². The number of nitrogens with zero attached hydrogens (tertiary/aromatic N) is 4. The molecule has 0 bridgehead atoms. The predicted octanol–water partition coefficient (Wildman–Crippen LogP) is 3.12. The Kier molecular flexibility index (Phi) is 6.13. The molecule has 0 spiro atoms. The highest BCUT2D eigenvalue weighted by atomic mass is 32.1. The molecule has 2 atom stereocenters. The molecule has 1 N–H and O–H groups in total. The van der Waals surface area contributed by atoms with Crippen molar-refractivity contribution >= 4 is 17.3 Å². The standard InChI is InChI=1S/C19H29N5S/c1-4-20-19(21-11-15(2)18-6-5-9-25-18)24-8-7-16(14-24)10-17-12-22-23(3)13-17/h5-6,9,12-13,15-16H,4,7-8,10-11,14H2,1-3H3,(H,20,21). The van der Waals surface area contributed by atoms with E-state index < -0.39 is 0 Å². The number of hydrogen-bond donors (Lipinski definition) is 1. The molecule has 0 saturated carbocycles. The van der Waals surface area contributed by atoms with Crippen LogP contribution in [0.2, 0.25) is 0 Å². The number of aryl methyl sites for hydroxylation is 1. The van der Waals surface area contributed by atoms with Crippen molar-refractivity contribution in [2.45, 2.75) is 32.6 Å². The Morgan fingerprint density at radius 2 is 2.40 bits per heavy atom. The number of aromatic nitrogens is 2. The van der Waals surface area contributed by atoms with Crippen LogP contribution >= 0.6 is 11.3 Å². The Balaban J connectivity index is 1.57. The number of likely N-dealkylation sites (tertiary alicyclic amines) is 1. The Bertz CT molecular complexity index is 676. The SMILES string of the molecule is CCNC(=NCC(C)c1cccs1)N1CCC(Cc2cnn(C)c2)C1. The molecular weight excluding hydrogens is 330 g/mol. The molecule has 2 aromatic rings. The van der Waals surface area contributed by atoms with Crippen molar-refractivity contribution in [3.8, 4) is 0 Å². The largest absolute Gasteiger partial charge is 0.357 e. The van der Waals surface area contributed by atoms with Crippen LogP contribution in [-0.4, -0.2) is 46.8 Å². The highest BCUT2D eigenvalue weighted by Crippen LogP contribution is 2.23. The first-order chi connectivity index (χ1) is 12.2. The van der Waals surface area contributed by atoms with E-state index in [4.69, 9.17) is 4.99 Å². The second-order valence-electron chi connectivity index (χ2n) is 6.94. The zero-order valence-corrected chi connectivity index (χ0v) is 16.3. The summed E-state index contributed by atoms with van der Waals surface area (Å²) in [6.45, 7) is 8.32. The number of thiophene rings is 1. The van der Waals surface area contributed by atoms with E-state index in [1.54, 1.807) is 0 Å². The normalized spacial score (nSPS) is 19.4. The third kappa shape index (κ3) is 4.84. The predicted molar refractivity (Wildman–Crippen MR) is 105 cm³/mol. The van der Waals surface area contributed by atoms with Crippen molar-refractivity contribution in [2.75, 3.05) is 26.2 Å². The Labute approximate surface area is 154 Å². The molecule has 0 aliphatic carbocycles. The number of hydrogen-bond acceptors (Lipinski definition) is 3. The average molecular weight is 360 g/mol. The number of aliphatic imine (C=N–C) groups is 1. The molecule has 1 saturated heterocycles. The lowest BCUT2D eigenvalue weighted by Crippen LogP contribution is -2.40. The summed E-state index contributed by atoms with van der Waals surface area (Å²) in [5, 5.41) is 9.90. The smallest absolute Gasteiger partial charge is 0.193 e. The van der Waals surface area contributed by atoms with Crippen LogP contribution in [0, 0.1) is 5.92 Å². The molecule has 1 fully saturated rings. The Hall–Kier alpha value is -1.82. The minimum absolute atomic E-state index is 0.474. The van der Waals surface area contributed by atoms with Crippen LogP contribution in [-0.2, 0) is 13.5 Å². The fraction of sp³-hybridized carbons (Fsp3) is 0.579. The van der Waals surface area contributed by atoms with E-state index >= 15 is 0 Å². The van der Waals surface area contributed by atoms with Crippen LogP contribution in [0.1, 0.15) is 36.6 Å². The first-order valence-corrected chi connectivity index (χ1v) is 10.1. The number of rotatable bonds is 6. The van der Waals surface area contributed by atoms with Crippen LogP contribution in [0.25, 0.3) is 0 Å². The van der Waals surface area contributed by atoms with Gasteiger partial charge in [0.05, 0.1) is 12.7 Å². The second kappa shape index (κ2) is 8.52. The van der Waals surface area contributed by atoms with Crippen molar-refractivity contribution in [3.63, 3.8) is 0 Å². The summed E-state index contributed by atoms with van der Waals surface area (Å²) in [7, 11) is 1.98. The minimum atomic E-state index is 0.474. The van der Waals surface area contributed by atoms with E-state index in [1.165, 1.54) is 16.9 Å². The maximum Gasteiger partial charge on any atom is 0.193 e. The van der Waals surface area contributed by atoms with Crippen LogP contribution in [0.5, 0.6) is 0 Å². The van der Waals surface area contributed by atoms with Crippen LogP contribution in [0.15, 0.2) is 34.9 Å². The van der Waals surface area contributed by atoms with Crippen molar-refractivity contribution in [1.29, 1.82) is 0 Å². The summed E-state index contributed by atoms with van der Waals surface area (Å²) >= 11 is 1.82. The molecule has 0 amide bonds. The Morgan fingerprint density at radius 3 is 3.08 bits per heavy atom. The molecule has 25 heavy (non-hydrogen) atoms. The molecule has 3 heterocycles. The van der Waals surface area contributed by atoms with Gasteiger partial charge in [0, 0.05) is 43.7 Å². The van der Waals surface area contributed by atoms with E-state index in [0.29, 0.717) is 11.8 Å². The summed E-state index contributed by atoms with van der Waals surface area (Å²) in [5.41, 5.74) is 1.34. The first kappa shape index (κ1) is 18.0. The van der Waals surface area contributed by atoms with E-state index in [1.807, 2.05) is 29.3 Å². The third-order valence-corrected chi connectivity index (χ3v) is 5.85. The van der Waals surface area contributed by atoms with E-state index in [9.17, 15) is 0 Å². The first-order valence-electron chi connectivity index (χ1n) is 9.20. The fourth-order valence-electron chi connectivity index (χ4n) is 3.41. The van der Waals surface area contributed by atoms with Gasteiger partial charge in [-0.2, -0.15) is 5.10 Å². The van der Waals surface area contributed by atoms with Crippen LogP contribution in [0.3, 0.4) is 0 Å². The highest BCUT2D eigenvalue weighted by molar-refractivity contribution is 7.10. The van der Waals surface area contributed by atoms with Crippen LogP contribution in [0.4, 0.5) is 0 Å². The lowest BCUT2D eigenvalue weighted by molar-refractivity contribution is 0.459. The van der Waals surface area contributed by atoms with Gasteiger partial charge in [0.1, 0.15) is 0 Å². The molecule has 2 unspecified atom stereocenters. The fourth-order valence-corrected chi connectivity index (χ4v) is 4.19. The zero-order chi connectivity index (χ0) is 17.6. The van der Waals surface area contributed by atoms with E-state index in [-0.39, 0.29) is 0 Å². The summed E-state index contributed by atoms with van der Waals surface area (Å²) in [6.07, 6.45) is 6.45. The maximum atomic E-state index is 4.92. The minimum Gasteiger partial charge on any atom is -0.357 e. The van der Waals surface area contributed by atoms with Gasteiger partial charge >= 0.3 is 0 Å². The van der Waals surface area contributed by atoms with E-state index in [0.717, 1.165) is 38.6 Å². The van der Waals surface area contributed by atoms with Gasteiger partial charge in [-0.3, -0.25) is 9.67 Å². The summed E-state index contributed by atoms with van der Waals surface area (Å²) < 4.78 is 1.89. The molecule has 0 radical (unpaired) electrons. The molecule has 1 aliphatic heterocycles. The van der Waals surface area contributed by atoms with Gasteiger partial charge in [0.25, 0.3) is 0 Å². The van der Waals surface area contributed by atoms with Gasteiger partial charge in [0.2, 0.25) is 0 Å². The van der Waals surface area contributed by atoms with Crippen molar-refractivity contribution in [2.24, 2.45) is 18.0 Å². The third-order valence-electron chi connectivity index (χ3n) is 4.75.